The van der Waals surface area contributed by atoms with Gasteiger partial charge in [0, 0.05) is 80.7 Å². The maximum Gasteiger partial charge on any atom is 0 e. The number of hydrogen-bond donors (Lipinski definition) is 0. The molecule has 1 nitrogen and oxygen atoms in total. The summed E-state index contributed by atoms with van der Waals surface area (Å²) in [5.74, 6) is 0. The first-order chi connectivity index (χ1) is 1.00. The molecule has 20 valence electrons. The monoisotopic (exact) mass is 350 g/mol. The zero-order valence-corrected chi connectivity index (χ0v) is 11.0. The standard InChI is InChI=1S/La.Li.Mo.O.Zr. The average Bonchev–Trinajstić information content (AvgIpc) is 1.00. The molecule has 0 bridgehead atoms. The fraction of sp³-hybridized carbons (Fsp3) is 0. The van der Waals surface area contributed by atoms with Gasteiger partial charge in [-0.3, -0.25) is 0 Å². The van der Waals surface area contributed by atoms with Gasteiger partial charge >= 0.3 is 23.2 Å². The summed E-state index contributed by atoms with van der Waals surface area (Å²) in [5, 5.41) is 0. The second kappa shape index (κ2) is 27.2. The Bertz CT molecular complexity index is 11.6. The van der Waals surface area contributed by atoms with Crippen molar-refractivity contribution in [2.45, 2.75) is 0 Å². The minimum atomic E-state index is 0. The van der Waals surface area contributed by atoms with Crippen LogP contribution in [0.15, 0.2) is 0 Å². The predicted octanol–water partition coefficient (Wildman–Crippen LogP) is -0.505. The molecule has 0 N–H and O–H groups in total. The largest absolute Gasteiger partial charge is 0 e. The van der Waals surface area contributed by atoms with E-state index in [1.54, 1.807) is 0 Å². The van der Waals surface area contributed by atoms with Crippen molar-refractivity contribution in [1.82, 2.24) is 0 Å². The smallest absolute Gasteiger partial charge is 0 e. The summed E-state index contributed by atoms with van der Waals surface area (Å²) in [4.78, 5) is 0. The molecule has 0 aromatic rings. The van der Waals surface area contributed by atoms with Gasteiger partial charge in [0.05, 0.1) is 0 Å². The Hall–Kier alpha value is 3.16. The molecule has 0 fully saturated rings. The van der Waals surface area contributed by atoms with E-state index in [0.29, 0.717) is 19.8 Å². The molecule has 2 radical (unpaired) electrons. The van der Waals surface area contributed by atoms with E-state index in [2.05, 4.69) is 0 Å². The topological polar surface area (TPSA) is 17.1 Å². The van der Waals surface area contributed by atoms with Crippen molar-refractivity contribution in [1.29, 1.82) is 0 Å². The van der Waals surface area contributed by atoms with Gasteiger partial charge in [-0.25, -0.2) is 0 Å². The zero-order valence-electron chi connectivity index (χ0n) is 2.89. The van der Waals surface area contributed by atoms with Crippen molar-refractivity contribution >= 4 is 18.9 Å². The third-order valence-electron chi connectivity index (χ3n) is 0. The Morgan fingerprint density at radius 2 is 1.20 bits per heavy atom. The van der Waals surface area contributed by atoms with Crippen LogP contribution in [0, 0.1) is 35.6 Å². The maximum absolute atomic E-state index is 8.26. The summed E-state index contributed by atoms with van der Waals surface area (Å²) in [7, 11) is 0. The molecule has 5 heteroatoms. The molecule has 0 spiro atoms. The van der Waals surface area contributed by atoms with E-state index in [9.17, 15) is 0 Å². The van der Waals surface area contributed by atoms with Crippen LogP contribution in [-0.4, -0.2) is 18.9 Å². The Labute approximate surface area is 102 Å². The Morgan fingerprint density at radius 3 is 1.20 bits per heavy atom. The van der Waals surface area contributed by atoms with E-state index >= 15 is 0 Å². The van der Waals surface area contributed by atoms with Gasteiger partial charge in [-0.2, -0.15) is 0 Å². The van der Waals surface area contributed by atoms with Crippen LogP contribution in [0.5, 0.6) is 0 Å². The summed E-state index contributed by atoms with van der Waals surface area (Å²) in [6.45, 7) is 0. The van der Waals surface area contributed by atoms with Crippen LogP contribution in [0.1, 0.15) is 0 Å². The summed E-state index contributed by atoms with van der Waals surface area (Å²) < 4.78 is 8.26. The van der Waals surface area contributed by atoms with Gasteiger partial charge in [0.25, 0.3) is 0 Å². The Morgan fingerprint density at radius 1 is 1.20 bits per heavy atom. The number of rotatable bonds is 0. The molecule has 0 aromatic heterocycles. The van der Waals surface area contributed by atoms with Crippen LogP contribution in [0.3, 0.4) is 0 Å². The second-order valence-electron chi connectivity index (χ2n) is 0. The maximum atomic E-state index is 8.26. The van der Waals surface area contributed by atoms with E-state index in [-0.39, 0.29) is 80.7 Å². The van der Waals surface area contributed by atoms with Crippen LogP contribution in [0.25, 0.3) is 0 Å². The van der Waals surface area contributed by atoms with Crippen molar-refractivity contribution in [3.63, 3.8) is 0 Å². The van der Waals surface area contributed by atoms with Gasteiger partial charge < -0.3 is 0 Å². The molecule has 5 heavy (non-hydrogen) atoms. The zero-order chi connectivity index (χ0) is 2.00. The molecule has 0 saturated carbocycles. The SMILES string of the molecule is [La].[Li].[O]=[Mo].[Zr]. The normalized spacial score (nSPS) is 0.800. The third kappa shape index (κ3) is 19.1. The van der Waals surface area contributed by atoms with E-state index < -0.39 is 0 Å². The van der Waals surface area contributed by atoms with Crippen molar-refractivity contribution < 1.29 is 85.0 Å². The van der Waals surface area contributed by atoms with Gasteiger partial charge in [-0.1, -0.05) is 0 Å². The first-order valence-electron chi connectivity index (χ1n) is 0.167. The van der Waals surface area contributed by atoms with E-state index in [0.717, 1.165) is 0 Å². The quantitative estimate of drug-likeness (QED) is 0.539. The van der Waals surface area contributed by atoms with Crippen molar-refractivity contribution in [2.75, 3.05) is 0 Å². The van der Waals surface area contributed by atoms with Gasteiger partial charge in [-0.05, 0) is 0 Å². The minimum absolute atomic E-state index is 0. The second-order valence-corrected chi connectivity index (χ2v) is 0. The molecular weight excluding hydrogens is 349 g/mol. The van der Waals surface area contributed by atoms with Crippen LogP contribution in [0.4, 0.5) is 0 Å². The van der Waals surface area contributed by atoms with Crippen LogP contribution < -0.4 is 0 Å². The first-order valence-corrected chi connectivity index (χ1v) is 0.986. The minimum Gasteiger partial charge on any atom is 0 e. The Balaban J connectivity index is -0.00000000167. The molecule has 0 aliphatic heterocycles. The van der Waals surface area contributed by atoms with Gasteiger partial charge in [0.1, 0.15) is 0 Å². The molecule has 0 aliphatic carbocycles. The predicted molar refractivity (Wildman–Crippen MR) is 6.44 cm³/mol. The third-order valence-corrected chi connectivity index (χ3v) is 0. The average molecular weight is 349 g/mol. The summed E-state index contributed by atoms with van der Waals surface area (Å²) in [6.07, 6.45) is 0. The van der Waals surface area contributed by atoms with Crippen LogP contribution >= 0.6 is 0 Å². The molecule has 0 saturated heterocycles. The van der Waals surface area contributed by atoms with Gasteiger partial charge in [0.15, 0.2) is 0 Å². The summed E-state index contributed by atoms with van der Waals surface area (Å²) in [5.41, 5.74) is 0. The van der Waals surface area contributed by atoms with E-state index in [1.165, 1.54) is 0 Å². The first kappa shape index (κ1) is 24.2. The molecular formula is LaLiMoOZr. The molecule has 0 rings (SSSR count). The van der Waals surface area contributed by atoms with E-state index in [1.807, 2.05) is 0 Å². The van der Waals surface area contributed by atoms with Crippen molar-refractivity contribution in [3.05, 3.63) is 0 Å². The molecule has 0 atom stereocenters. The van der Waals surface area contributed by atoms with Gasteiger partial charge in [-0.15, -0.1) is 0 Å². The molecule has 0 amide bonds. The molecule has 0 heterocycles. The van der Waals surface area contributed by atoms with Gasteiger partial charge in [0.2, 0.25) is 0 Å². The Kier molecular flexibility index (Phi) is 131. The molecule has 0 aromatic carbocycles. The summed E-state index contributed by atoms with van der Waals surface area (Å²) >= 11 is 0.700. The van der Waals surface area contributed by atoms with E-state index in [4.69, 9.17) is 3.40 Å². The number of hydrogen-bond acceptors (Lipinski definition) is 1. The van der Waals surface area contributed by atoms with Crippen molar-refractivity contribution in [2.24, 2.45) is 0 Å². The molecule has 0 aliphatic rings. The van der Waals surface area contributed by atoms with Crippen molar-refractivity contribution in [3.8, 4) is 0 Å². The summed E-state index contributed by atoms with van der Waals surface area (Å²) in [6, 6.07) is 0. The molecule has 0 unspecified atom stereocenters. The van der Waals surface area contributed by atoms with Crippen LogP contribution in [0.2, 0.25) is 0 Å². The fourth-order valence-electron chi connectivity index (χ4n) is 0. The van der Waals surface area contributed by atoms with Crippen LogP contribution in [-0.2, 0) is 49.4 Å². The fourth-order valence-corrected chi connectivity index (χ4v) is 0.